The van der Waals surface area contributed by atoms with Crippen molar-refractivity contribution in [3.05, 3.63) is 35.9 Å². The minimum atomic E-state index is -0.625. The van der Waals surface area contributed by atoms with E-state index in [4.69, 9.17) is 0 Å². The van der Waals surface area contributed by atoms with Crippen LogP contribution in [0.1, 0.15) is 18.9 Å². The fraction of sp³-hybridized carbons (Fsp3) is 0.333. The Morgan fingerprint density at radius 3 is 2.84 bits per heavy atom. The van der Waals surface area contributed by atoms with Gasteiger partial charge in [-0.3, -0.25) is 0 Å². The van der Waals surface area contributed by atoms with E-state index in [-0.39, 0.29) is 0 Å². The van der Waals surface area contributed by atoms with Crippen molar-refractivity contribution in [2.75, 3.05) is 18.0 Å². The highest BCUT2D eigenvalue weighted by atomic mass is 16.3. The SMILES string of the molecule is CCC1(O)CN(c2nc3ccccc3cc2C#N)C1. The van der Waals surface area contributed by atoms with Crippen molar-refractivity contribution in [1.82, 2.24) is 4.98 Å². The Balaban J connectivity index is 2.02. The van der Waals surface area contributed by atoms with Gasteiger partial charge < -0.3 is 10.0 Å². The van der Waals surface area contributed by atoms with Gasteiger partial charge in [-0.15, -0.1) is 0 Å². The van der Waals surface area contributed by atoms with Gasteiger partial charge in [0.2, 0.25) is 0 Å². The van der Waals surface area contributed by atoms with E-state index >= 15 is 0 Å². The minimum Gasteiger partial charge on any atom is -0.386 e. The molecule has 2 aromatic rings. The second-order valence-corrected chi connectivity index (χ2v) is 5.10. The number of benzene rings is 1. The fourth-order valence-corrected chi connectivity index (χ4v) is 2.47. The summed E-state index contributed by atoms with van der Waals surface area (Å²) < 4.78 is 0. The highest BCUT2D eigenvalue weighted by molar-refractivity contribution is 5.83. The van der Waals surface area contributed by atoms with E-state index in [0.29, 0.717) is 24.5 Å². The van der Waals surface area contributed by atoms with Crippen molar-refractivity contribution >= 4 is 16.7 Å². The van der Waals surface area contributed by atoms with Crippen LogP contribution in [0.15, 0.2) is 30.3 Å². The summed E-state index contributed by atoms with van der Waals surface area (Å²) in [6, 6.07) is 11.8. The van der Waals surface area contributed by atoms with Crippen LogP contribution in [-0.4, -0.2) is 28.8 Å². The van der Waals surface area contributed by atoms with Crippen molar-refractivity contribution in [1.29, 1.82) is 5.26 Å². The maximum absolute atomic E-state index is 10.1. The number of anilines is 1. The third kappa shape index (κ3) is 1.92. The predicted molar refractivity (Wildman–Crippen MR) is 73.9 cm³/mol. The van der Waals surface area contributed by atoms with Crippen LogP contribution in [0.3, 0.4) is 0 Å². The van der Waals surface area contributed by atoms with Crippen LogP contribution in [0.25, 0.3) is 10.9 Å². The van der Waals surface area contributed by atoms with Crippen molar-refractivity contribution in [3.8, 4) is 6.07 Å². The molecule has 1 N–H and O–H groups in total. The van der Waals surface area contributed by atoms with Crippen LogP contribution in [0.4, 0.5) is 5.82 Å². The molecular weight excluding hydrogens is 238 g/mol. The molecule has 1 fully saturated rings. The monoisotopic (exact) mass is 253 g/mol. The number of nitrogens with zero attached hydrogens (tertiary/aromatic N) is 3. The van der Waals surface area contributed by atoms with E-state index in [1.54, 1.807) is 0 Å². The van der Waals surface area contributed by atoms with Gasteiger partial charge in [0.1, 0.15) is 11.9 Å². The van der Waals surface area contributed by atoms with Crippen LogP contribution in [0.2, 0.25) is 0 Å². The van der Waals surface area contributed by atoms with E-state index in [2.05, 4.69) is 11.1 Å². The molecule has 3 rings (SSSR count). The summed E-state index contributed by atoms with van der Waals surface area (Å²) in [6.07, 6.45) is 0.721. The molecule has 19 heavy (non-hydrogen) atoms. The van der Waals surface area contributed by atoms with Gasteiger partial charge in [0, 0.05) is 5.39 Å². The summed E-state index contributed by atoms with van der Waals surface area (Å²) in [5.41, 5.74) is 0.820. The largest absolute Gasteiger partial charge is 0.386 e. The van der Waals surface area contributed by atoms with Crippen molar-refractivity contribution in [2.45, 2.75) is 18.9 Å². The second-order valence-electron chi connectivity index (χ2n) is 5.10. The van der Waals surface area contributed by atoms with Crippen molar-refractivity contribution < 1.29 is 5.11 Å². The van der Waals surface area contributed by atoms with E-state index in [1.165, 1.54) is 0 Å². The topological polar surface area (TPSA) is 60.1 Å². The molecular formula is C15H15N3O. The quantitative estimate of drug-likeness (QED) is 0.890. The maximum atomic E-state index is 10.1. The van der Waals surface area contributed by atoms with Crippen LogP contribution in [0, 0.1) is 11.3 Å². The Kier molecular flexibility index (Phi) is 2.65. The molecule has 0 saturated carbocycles. The van der Waals surface area contributed by atoms with Crippen molar-refractivity contribution in [2.24, 2.45) is 0 Å². The Labute approximate surface area is 111 Å². The van der Waals surface area contributed by atoms with E-state index in [1.807, 2.05) is 42.2 Å². The third-order valence-corrected chi connectivity index (χ3v) is 3.75. The second kappa shape index (κ2) is 4.22. The zero-order valence-corrected chi connectivity index (χ0v) is 10.8. The number of nitriles is 1. The summed E-state index contributed by atoms with van der Waals surface area (Å²) in [5.74, 6) is 0.680. The van der Waals surface area contributed by atoms with Crippen LogP contribution in [0.5, 0.6) is 0 Å². The lowest BCUT2D eigenvalue weighted by Gasteiger charge is -2.47. The summed E-state index contributed by atoms with van der Waals surface area (Å²) in [7, 11) is 0. The first kappa shape index (κ1) is 11.9. The van der Waals surface area contributed by atoms with Crippen LogP contribution in [-0.2, 0) is 0 Å². The van der Waals surface area contributed by atoms with Gasteiger partial charge in [0.05, 0.1) is 29.8 Å². The molecule has 4 heteroatoms. The number of fused-ring (bicyclic) bond motifs is 1. The zero-order valence-electron chi connectivity index (χ0n) is 10.8. The standard InChI is InChI=1S/C15H15N3O/c1-2-15(19)9-18(10-15)14-12(8-16)7-11-5-3-4-6-13(11)17-14/h3-7,19H,2,9-10H2,1H3. The van der Waals surface area contributed by atoms with Gasteiger partial charge in [0.25, 0.3) is 0 Å². The number of hydrogen-bond acceptors (Lipinski definition) is 4. The Morgan fingerprint density at radius 1 is 1.42 bits per heavy atom. The average Bonchev–Trinajstić information content (AvgIpc) is 2.42. The van der Waals surface area contributed by atoms with Crippen molar-refractivity contribution in [3.63, 3.8) is 0 Å². The molecule has 0 radical (unpaired) electrons. The number of aromatic nitrogens is 1. The molecule has 0 amide bonds. The lowest BCUT2D eigenvalue weighted by atomic mass is 9.91. The van der Waals surface area contributed by atoms with Gasteiger partial charge in [-0.05, 0) is 18.6 Å². The number of β-amino-alcohol motifs (C(OH)–C–C–N with tert-alkyl or cyclic N) is 1. The van der Waals surface area contributed by atoms with E-state index < -0.39 is 5.60 Å². The van der Waals surface area contributed by atoms with Gasteiger partial charge in [-0.25, -0.2) is 4.98 Å². The minimum absolute atomic E-state index is 0.545. The molecule has 96 valence electrons. The number of para-hydroxylation sites is 1. The predicted octanol–water partition coefficient (Wildman–Crippen LogP) is 2.07. The van der Waals surface area contributed by atoms with Crippen LogP contribution < -0.4 is 4.90 Å². The molecule has 1 aliphatic rings. The summed E-state index contributed by atoms with van der Waals surface area (Å²) in [4.78, 5) is 6.53. The first-order valence-corrected chi connectivity index (χ1v) is 6.42. The maximum Gasteiger partial charge on any atom is 0.147 e. The van der Waals surface area contributed by atoms with Gasteiger partial charge >= 0.3 is 0 Å². The first-order valence-electron chi connectivity index (χ1n) is 6.42. The Bertz CT molecular complexity index is 669. The van der Waals surface area contributed by atoms with Crippen LogP contribution >= 0.6 is 0 Å². The molecule has 0 aliphatic carbocycles. The molecule has 1 saturated heterocycles. The molecule has 0 spiro atoms. The summed E-state index contributed by atoms with van der Waals surface area (Å²) >= 11 is 0. The third-order valence-electron chi connectivity index (χ3n) is 3.75. The lowest BCUT2D eigenvalue weighted by molar-refractivity contribution is 0.00807. The lowest BCUT2D eigenvalue weighted by Crippen LogP contribution is -2.62. The van der Waals surface area contributed by atoms with E-state index in [0.717, 1.165) is 17.3 Å². The van der Waals surface area contributed by atoms with Gasteiger partial charge in [-0.2, -0.15) is 5.26 Å². The molecule has 1 aromatic carbocycles. The molecule has 0 atom stereocenters. The molecule has 4 nitrogen and oxygen atoms in total. The molecule has 1 aliphatic heterocycles. The zero-order chi connectivity index (χ0) is 13.5. The smallest absolute Gasteiger partial charge is 0.147 e. The fourth-order valence-electron chi connectivity index (χ4n) is 2.47. The highest BCUT2D eigenvalue weighted by Crippen LogP contribution is 2.32. The normalized spacial score (nSPS) is 17.0. The summed E-state index contributed by atoms with van der Waals surface area (Å²) in [5, 5.41) is 20.3. The Hall–Kier alpha value is -2.12. The molecule has 2 heterocycles. The number of hydrogen-bond donors (Lipinski definition) is 1. The Morgan fingerprint density at radius 2 is 2.16 bits per heavy atom. The summed E-state index contributed by atoms with van der Waals surface area (Å²) in [6.45, 7) is 3.06. The molecule has 0 unspecified atom stereocenters. The van der Waals surface area contributed by atoms with Gasteiger partial charge in [-0.1, -0.05) is 25.1 Å². The average molecular weight is 253 g/mol. The highest BCUT2D eigenvalue weighted by Gasteiger charge is 2.41. The van der Waals surface area contributed by atoms with Gasteiger partial charge in [0.15, 0.2) is 0 Å². The molecule has 0 bridgehead atoms. The van der Waals surface area contributed by atoms with E-state index in [9.17, 15) is 10.4 Å². The number of pyridine rings is 1. The number of rotatable bonds is 2. The molecule has 1 aromatic heterocycles. The number of aliphatic hydroxyl groups is 1. The first-order chi connectivity index (χ1) is 9.15.